The van der Waals surface area contributed by atoms with Crippen molar-refractivity contribution in [2.75, 3.05) is 5.75 Å². The van der Waals surface area contributed by atoms with Gasteiger partial charge in [0.1, 0.15) is 0 Å². The van der Waals surface area contributed by atoms with Gasteiger partial charge in [-0.3, -0.25) is 4.98 Å². The summed E-state index contributed by atoms with van der Waals surface area (Å²) in [6.07, 6.45) is 0. The van der Waals surface area contributed by atoms with Crippen LogP contribution in [0.1, 0.15) is 12.6 Å². The zero-order chi connectivity index (χ0) is 11.4. The van der Waals surface area contributed by atoms with Crippen LogP contribution in [0.25, 0.3) is 10.9 Å². The molecule has 0 aliphatic rings. The van der Waals surface area contributed by atoms with Gasteiger partial charge in [-0.05, 0) is 19.1 Å². The lowest BCUT2D eigenvalue weighted by molar-refractivity contribution is 0.847. The van der Waals surface area contributed by atoms with Crippen LogP contribution in [0.4, 0.5) is 0 Å². The van der Waals surface area contributed by atoms with Gasteiger partial charge in [0.15, 0.2) is 0 Å². The molecule has 0 aliphatic carbocycles. The number of para-hydroxylation sites is 1. The van der Waals surface area contributed by atoms with E-state index in [9.17, 15) is 0 Å². The van der Waals surface area contributed by atoms with E-state index in [1.54, 1.807) is 0 Å². The third kappa shape index (κ3) is 2.97. The molecule has 0 saturated heterocycles. The van der Waals surface area contributed by atoms with Gasteiger partial charge in [-0.1, -0.05) is 24.3 Å². The van der Waals surface area contributed by atoms with E-state index in [4.69, 9.17) is 5.73 Å². The molecule has 16 heavy (non-hydrogen) atoms. The molecule has 0 fully saturated rings. The van der Waals surface area contributed by atoms with Gasteiger partial charge < -0.3 is 5.73 Å². The Balaban J connectivity index is 2.08. The fraction of sp³-hybridized carbons (Fsp3) is 0.308. The minimum Gasteiger partial charge on any atom is -0.327 e. The van der Waals surface area contributed by atoms with Crippen molar-refractivity contribution in [1.29, 1.82) is 0 Å². The van der Waals surface area contributed by atoms with Crippen molar-refractivity contribution in [3.05, 3.63) is 42.1 Å². The largest absolute Gasteiger partial charge is 0.327 e. The summed E-state index contributed by atoms with van der Waals surface area (Å²) in [4.78, 5) is 4.61. The van der Waals surface area contributed by atoms with E-state index in [2.05, 4.69) is 29.2 Å². The quantitative estimate of drug-likeness (QED) is 0.881. The van der Waals surface area contributed by atoms with Crippen molar-refractivity contribution in [2.45, 2.75) is 18.7 Å². The molecular weight excluding hydrogens is 216 g/mol. The van der Waals surface area contributed by atoms with Crippen molar-refractivity contribution in [3.63, 3.8) is 0 Å². The Morgan fingerprint density at radius 2 is 2.06 bits per heavy atom. The number of thioether (sulfide) groups is 1. The van der Waals surface area contributed by atoms with Crippen molar-refractivity contribution >= 4 is 22.7 Å². The fourth-order valence-electron chi connectivity index (χ4n) is 1.54. The Bertz CT molecular complexity index is 468. The number of nitrogens with zero attached hydrogens (tertiary/aromatic N) is 1. The van der Waals surface area contributed by atoms with Crippen molar-refractivity contribution < 1.29 is 0 Å². The number of pyridine rings is 1. The maximum absolute atomic E-state index is 5.71. The molecule has 0 aliphatic heterocycles. The molecule has 2 nitrogen and oxygen atoms in total. The number of hydrogen-bond acceptors (Lipinski definition) is 3. The molecule has 1 aromatic carbocycles. The van der Waals surface area contributed by atoms with Gasteiger partial charge in [-0.15, -0.1) is 0 Å². The van der Waals surface area contributed by atoms with Crippen LogP contribution in [0.3, 0.4) is 0 Å². The molecule has 0 amide bonds. The van der Waals surface area contributed by atoms with E-state index in [-0.39, 0.29) is 6.04 Å². The fourth-order valence-corrected chi connectivity index (χ4v) is 2.40. The molecule has 1 atom stereocenters. The average Bonchev–Trinajstić information content (AvgIpc) is 2.28. The summed E-state index contributed by atoms with van der Waals surface area (Å²) < 4.78 is 0. The smallest absolute Gasteiger partial charge is 0.0705 e. The van der Waals surface area contributed by atoms with Gasteiger partial charge in [0, 0.05) is 22.9 Å². The first-order valence-electron chi connectivity index (χ1n) is 5.44. The molecule has 0 bridgehead atoms. The standard InChI is InChI=1S/C13H16N2S/c1-10(14)8-16-9-12-7-6-11-4-2-3-5-13(11)15-12/h2-7,10H,8-9,14H2,1H3. The van der Waals surface area contributed by atoms with Crippen LogP contribution in [0.2, 0.25) is 0 Å². The first-order valence-corrected chi connectivity index (χ1v) is 6.59. The molecule has 3 heteroatoms. The number of rotatable bonds is 4. The molecule has 2 rings (SSSR count). The van der Waals surface area contributed by atoms with E-state index >= 15 is 0 Å². The van der Waals surface area contributed by atoms with E-state index in [0.29, 0.717) is 0 Å². The molecule has 0 radical (unpaired) electrons. The Kier molecular flexibility index (Phi) is 3.80. The van der Waals surface area contributed by atoms with Crippen LogP contribution < -0.4 is 5.73 Å². The third-order valence-corrected chi connectivity index (χ3v) is 3.55. The summed E-state index contributed by atoms with van der Waals surface area (Å²) in [5.41, 5.74) is 7.91. The molecule has 0 saturated carbocycles. The second-order valence-electron chi connectivity index (χ2n) is 3.99. The second-order valence-corrected chi connectivity index (χ2v) is 5.02. The first kappa shape index (κ1) is 11.4. The maximum atomic E-state index is 5.71. The molecule has 2 aromatic rings. The highest BCUT2D eigenvalue weighted by Gasteiger charge is 1.99. The lowest BCUT2D eigenvalue weighted by Gasteiger charge is -2.05. The zero-order valence-corrected chi connectivity index (χ0v) is 10.2. The summed E-state index contributed by atoms with van der Waals surface area (Å²) in [5, 5.41) is 1.20. The summed E-state index contributed by atoms with van der Waals surface area (Å²) in [6.45, 7) is 2.03. The van der Waals surface area contributed by atoms with Crippen LogP contribution in [0.15, 0.2) is 36.4 Å². The SMILES string of the molecule is CC(N)CSCc1ccc2ccccc2n1. The number of nitrogens with two attached hydrogens (primary N) is 1. The highest BCUT2D eigenvalue weighted by atomic mass is 32.2. The number of aromatic nitrogens is 1. The number of fused-ring (bicyclic) bond motifs is 1. The van der Waals surface area contributed by atoms with Gasteiger partial charge in [0.05, 0.1) is 11.2 Å². The maximum Gasteiger partial charge on any atom is 0.0705 e. The summed E-state index contributed by atoms with van der Waals surface area (Å²) in [7, 11) is 0. The van der Waals surface area contributed by atoms with E-state index in [1.807, 2.05) is 30.8 Å². The molecule has 84 valence electrons. The molecule has 1 heterocycles. The molecule has 1 aromatic heterocycles. The Labute approximate surface area is 100 Å². The lowest BCUT2D eigenvalue weighted by Crippen LogP contribution is -2.17. The Hall–Kier alpha value is -1.06. The van der Waals surface area contributed by atoms with Crippen LogP contribution >= 0.6 is 11.8 Å². The first-order chi connectivity index (χ1) is 7.75. The van der Waals surface area contributed by atoms with Crippen molar-refractivity contribution in [2.24, 2.45) is 5.73 Å². The number of benzene rings is 1. The lowest BCUT2D eigenvalue weighted by atomic mass is 10.2. The van der Waals surface area contributed by atoms with Crippen LogP contribution in [0.5, 0.6) is 0 Å². The number of hydrogen-bond donors (Lipinski definition) is 1. The summed E-state index contributed by atoms with van der Waals surface area (Å²) >= 11 is 1.84. The topological polar surface area (TPSA) is 38.9 Å². The molecular formula is C13H16N2S. The highest BCUT2D eigenvalue weighted by Crippen LogP contribution is 2.16. The third-order valence-electron chi connectivity index (χ3n) is 2.29. The molecule has 1 unspecified atom stereocenters. The van der Waals surface area contributed by atoms with Gasteiger partial charge in [0.2, 0.25) is 0 Å². The Morgan fingerprint density at radius 1 is 1.25 bits per heavy atom. The highest BCUT2D eigenvalue weighted by molar-refractivity contribution is 7.98. The normalized spacial score (nSPS) is 12.9. The van der Waals surface area contributed by atoms with Gasteiger partial charge in [-0.2, -0.15) is 11.8 Å². The monoisotopic (exact) mass is 232 g/mol. The van der Waals surface area contributed by atoms with Crippen molar-refractivity contribution in [1.82, 2.24) is 4.98 Å². The van der Waals surface area contributed by atoms with Gasteiger partial charge in [-0.25, -0.2) is 0 Å². The summed E-state index contributed by atoms with van der Waals surface area (Å²) in [5.74, 6) is 1.92. The predicted octanol–water partition coefficient (Wildman–Crippen LogP) is 2.82. The van der Waals surface area contributed by atoms with Crippen LogP contribution in [-0.2, 0) is 5.75 Å². The molecule has 2 N–H and O–H groups in total. The Morgan fingerprint density at radius 3 is 2.88 bits per heavy atom. The second kappa shape index (κ2) is 5.32. The zero-order valence-electron chi connectivity index (χ0n) is 9.39. The minimum absolute atomic E-state index is 0.255. The average molecular weight is 232 g/mol. The summed E-state index contributed by atoms with van der Waals surface area (Å²) in [6, 6.07) is 12.7. The van der Waals surface area contributed by atoms with Crippen LogP contribution in [0, 0.1) is 0 Å². The predicted molar refractivity (Wildman–Crippen MR) is 71.6 cm³/mol. The molecule has 0 spiro atoms. The van der Waals surface area contributed by atoms with Gasteiger partial charge >= 0.3 is 0 Å². The minimum atomic E-state index is 0.255. The van der Waals surface area contributed by atoms with E-state index < -0.39 is 0 Å². The van der Waals surface area contributed by atoms with Crippen LogP contribution in [-0.4, -0.2) is 16.8 Å². The van der Waals surface area contributed by atoms with Crippen molar-refractivity contribution in [3.8, 4) is 0 Å². The van der Waals surface area contributed by atoms with E-state index in [0.717, 1.165) is 22.7 Å². The van der Waals surface area contributed by atoms with E-state index in [1.165, 1.54) is 5.39 Å². The van der Waals surface area contributed by atoms with Gasteiger partial charge in [0.25, 0.3) is 0 Å².